The normalized spacial score (nSPS) is 10.4. The summed E-state index contributed by atoms with van der Waals surface area (Å²) in [6.45, 7) is 0.272. The van der Waals surface area contributed by atoms with Gasteiger partial charge in [-0.2, -0.15) is 0 Å². The van der Waals surface area contributed by atoms with Gasteiger partial charge < -0.3 is 9.64 Å². The fourth-order valence-corrected chi connectivity index (χ4v) is 2.39. The summed E-state index contributed by atoms with van der Waals surface area (Å²) < 4.78 is 18.1. The maximum Gasteiger partial charge on any atom is 0.242 e. The van der Waals surface area contributed by atoms with E-state index in [0.29, 0.717) is 16.5 Å². The number of methoxy groups -OCH3 is 1. The molecular formula is C16H14Cl2FNO2. The van der Waals surface area contributed by atoms with Gasteiger partial charge in [0.15, 0.2) is 0 Å². The number of carbonyl (C=O) groups is 1. The highest BCUT2D eigenvalue weighted by atomic mass is 35.5. The number of halogens is 3. The first-order valence-electron chi connectivity index (χ1n) is 6.49. The minimum absolute atomic E-state index is 0.162. The van der Waals surface area contributed by atoms with Crippen molar-refractivity contribution in [3.8, 4) is 5.75 Å². The number of benzene rings is 2. The minimum atomic E-state index is -0.327. The van der Waals surface area contributed by atoms with Crippen molar-refractivity contribution in [3.05, 3.63) is 58.9 Å². The van der Waals surface area contributed by atoms with Crippen LogP contribution in [-0.4, -0.2) is 18.9 Å². The molecule has 0 unspecified atom stereocenters. The van der Waals surface area contributed by atoms with Crippen molar-refractivity contribution in [1.29, 1.82) is 0 Å². The van der Waals surface area contributed by atoms with Crippen LogP contribution in [0.3, 0.4) is 0 Å². The van der Waals surface area contributed by atoms with E-state index in [9.17, 15) is 9.18 Å². The van der Waals surface area contributed by atoms with Crippen molar-refractivity contribution in [3.63, 3.8) is 0 Å². The monoisotopic (exact) mass is 341 g/mol. The lowest BCUT2D eigenvalue weighted by Gasteiger charge is -2.23. The highest BCUT2D eigenvalue weighted by Gasteiger charge is 2.17. The van der Waals surface area contributed by atoms with E-state index in [1.54, 1.807) is 30.3 Å². The van der Waals surface area contributed by atoms with Crippen LogP contribution in [0, 0.1) is 5.82 Å². The maximum absolute atomic E-state index is 13.0. The van der Waals surface area contributed by atoms with Gasteiger partial charge in [-0.15, -0.1) is 11.6 Å². The van der Waals surface area contributed by atoms with Gasteiger partial charge >= 0.3 is 0 Å². The lowest BCUT2D eigenvalue weighted by atomic mass is 10.2. The quantitative estimate of drug-likeness (QED) is 0.760. The van der Waals surface area contributed by atoms with E-state index in [1.807, 2.05) is 0 Å². The fourth-order valence-electron chi connectivity index (χ4n) is 1.99. The average molecular weight is 342 g/mol. The molecule has 2 rings (SSSR count). The fraction of sp³-hybridized carbons (Fsp3) is 0.188. The zero-order chi connectivity index (χ0) is 16.1. The Morgan fingerprint density at radius 2 is 1.91 bits per heavy atom. The van der Waals surface area contributed by atoms with E-state index in [2.05, 4.69) is 0 Å². The first kappa shape index (κ1) is 16.6. The van der Waals surface area contributed by atoms with E-state index in [4.69, 9.17) is 27.9 Å². The Bertz CT molecular complexity index is 662. The van der Waals surface area contributed by atoms with Crippen molar-refractivity contribution in [2.75, 3.05) is 17.9 Å². The Balaban J connectivity index is 2.31. The second kappa shape index (κ2) is 7.47. The summed E-state index contributed by atoms with van der Waals surface area (Å²) in [5.41, 5.74) is 1.38. The summed E-state index contributed by atoms with van der Waals surface area (Å²) in [5, 5.41) is 0.395. The topological polar surface area (TPSA) is 29.5 Å². The molecule has 0 aliphatic carbocycles. The number of nitrogens with zero attached hydrogens (tertiary/aromatic N) is 1. The van der Waals surface area contributed by atoms with Crippen LogP contribution in [0.15, 0.2) is 42.5 Å². The van der Waals surface area contributed by atoms with Crippen molar-refractivity contribution in [1.82, 2.24) is 0 Å². The van der Waals surface area contributed by atoms with Gasteiger partial charge in [-0.25, -0.2) is 4.39 Å². The third kappa shape index (κ3) is 3.90. The molecule has 0 heterocycles. The number of hydrogen-bond acceptors (Lipinski definition) is 2. The molecule has 0 bridgehead atoms. The molecule has 6 heteroatoms. The van der Waals surface area contributed by atoms with Gasteiger partial charge in [-0.1, -0.05) is 23.7 Å². The minimum Gasteiger partial charge on any atom is -0.495 e. The Hall–Kier alpha value is -1.78. The Morgan fingerprint density at radius 3 is 2.45 bits per heavy atom. The van der Waals surface area contributed by atoms with Crippen molar-refractivity contribution in [2.45, 2.75) is 6.54 Å². The van der Waals surface area contributed by atoms with Gasteiger partial charge in [0.1, 0.15) is 17.4 Å². The van der Waals surface area contributed by atoms with Crippen LogP contribution < -0.4 is 9.64 Å². The van der Waals surface area contributed by atoms with Gasteiger partial charge in [-0.3, -0.25) is 4.79 Å². The molecule has 0 N–H and O–H groups in total. The van der Waals surface area contributed by atoms with E-state index >= 15 is 0 Å². The predicted molar refractivity (Wildman–Crippen MR) is 86.3 cm³/mol. The number of anilines is 1. The molecule has 0 aromatic heterocycles. The SMILES string of the molecule is COc1ccc(N(Cc2ccc(F)cc2)C(=O)CCl)cc1Cl. The zero-order valence-electron chi connectivity index (χ0n) is 11.9. The number of ether oxygens (including phenoxy) is 1. The lowest BCUT2D eigenvalue weighted by molar-refractivity contribution is -0.116. The molecule has 0 fully saturated rings. The summed E-state index contributed by atoms with van der Waals surface area (Å²) in [5.74, 6) is -0.241. The third-order valence-electron chi connectivity index (χ3n) is 3.12. The number of rotatable bonds is 5. The van der Waals surface area contributed by atoms with Crippen LogP contribution in [0.1, 0.15) is 5.56 Å². The van der Waals surface area contributed by atoms with Crippen molar-refractivity contribution in [2.24, 2.45) is 0 Å². The number of hydrogen-bond donors (Lipinski definition) is 0. The van der Waals surface area contributed by atoms with Gasteiger partial charge in [0.25, 0.3) is 0 Å². The van der Waals surface area contributed by atoms with E-state index in [-0.39, 0.29) is 24.1 Å². The van der Waals surface area contributed by atoms with Gasteiger partial charge in [0.05, 0.1) is 18.7 Å². The molecule has 2 aromatic carbocycles. The summed E-state index contributed by atoms with van der Waals surface area (Å²) in [6, 6.07) is 11.0. The average Bonchev–Trinajstić information content (AvgIpc) is 2.53. The smallest absolute Gasteiger partial charge is 0.242 e. The van der Waals surface area contributed by atoms with Crippen molar-refractivity contribution >= 4 is 34.8 Å². The molecule has 116 valence electrons. The van der Waals surface area contributed by atoms with E-state index in [1.165, 1.54) is 24.1 Å². The molecule has 0 saturated heterocycles. The van der Waals surface area contributed by atoms with E-state index < -0.39 is 0 Å². The summed E-state index contributed by atoms with van der Waals surface area (Å²) in [6.07, 6.45) is 0. The van der Waals surface area contributed by atoms with Crippen LogP contribution in [0.2, 0.25) is 5.02 Å². The second-order valence-electron chi connectivity index (χ2n) is 4.56. The number of carbonyl (C=O) groups excluding carboxylic acids is 1. The summed E-state index contributed by atoms with van der Waals surface area (Å²) >= 11 is 11.8. The standard InChI is InChI=1S/C16H14Cl2FNO2/c1-22-15-7-6-13(8-14(15)18)20(16(21)9-17)10-11-2-4-12(19)5-3-11/h2-8H,9-10H2,1H3. The highest BCUT2D eigenvalue weighted by molar-refractivity contribution is 6.32. The van der Waals surface area contributed by atoms with Crippen LogP contribution in [-0.2, 0) is 11.3 Å². The second-order valence-corrected chi connectivity index (χ2v) is 5.23. The predicted octanol–water partition coefficient (Wildman–Crippen LogP) is 4.26. The van der Waals surface area contributed by atoms with Crippen LogP contribution in [0.5, 0.6) is 5.75 Å². The largest absolute Gasteiger partial charge is 0.495 e. The number of amides is 1. The first-order valence-corrected chi connectivity index (χ1v) is 7.40. The first-order chi connectivity index (χ1) is 10.5. The van der Waals surface area contributed by atoms with Crippen molar-refractivity contribution < 1.29 is 13.9 Å². The third-order valence-corrected chi connectivity index (χ3v) is 3.64. The van der Waals surface area contributed by atoms with Gasteiger partial charge in [0.2, 0.25) is 5.91 Å². The molecular weight excluding hydrogens is 328 g/mol. The molecule has 0 radical (unpaired) electrons. The molecule has 0 aliphatic rings. The van der Waals surface area contributed by atoms with Crippen LogP contribution in [0.25, 0.3) is 0 Å². The Morgan fingerprint density at radius 1 is 1.23 bits per heavy atom. The molecule has 0 spiro atoms. The Kier molecular flexibility index (Phi) is 5.63. The highest BCUT2D eigenvalue weighted by Crippen LogP contribution is 2.30. The zero-order valence-corrected chi connectivity index (χ0v) is 13.4. The van der Waals surface area contributed by atoms with E-state index in [0.717, 1.165) is 5.56 Å². The Labute approximate surface area is 138 Å². The molecule has 3 nitrogen and oxygen atoms in total. The molecule has 2 aromatic rings. The summed E-state index contributed by atoms with van der Waals surface area (Å²) in [4.78, 5) is 13.6. The summed E-state index contributed by atoms with van der Waals surface area (Å²) in [7, 11) is 1.51. The maximum atomic E-state index is 13.0. The van der Waals surface area contributed by atoms with Crippen LogP contribution in [0.4, 0.5) is 10.1 Å². The molecule has 1 amide bonds. The molecule has 0 saturated carbocycles. The molecule has 0 atom stereocenters. The molecule has 0 aliphatic heterocycles. The lowest BCUT2D eigenvalue weighted by Crippen LogP contribution is -2.31. The number of alkyl halides is 1. The van der Waals surface area contributed by atoms with Crippen LogP contribution >= 0.6 is 23.2 Å². The van der Waals surface area contributed by atoms with Gasteiger partial charge in [0, 0.05) is 5.69 Å². The molecule has 22 heavy (non-hydrogen) atoms. The van der Waals surface area contributed by atoms with Gasteiger partial charge in [-0.05, 0) is 35.9 Å².